The van der Waals surface area contributed by atoms with Crippen LogP contribution in [0, 0.1) is 11.6 Å². The van der Waals surface area contributed by atoms with Crippen LogP contribution < -0.4 is 10.1 Å². The van der Waals surface area contributed by atoms with E-state index in [0.29, 0.717) is 5.75 Å². The minimum atomic E-state index is -1.21. The zero-order chi connectivity index (χ0) is 18.4. The molecule has 1 amide bonds. The van der Waals surface area contributed by atoms with Crippen LogP contribution in [0.3, 0.4) is 0 Å². The molecule has 0 bridgehead atoms. The number of halogens is 3. The molecule has 0 radical (unpaired) electrons. The molecule has 1 atom stereocenters. The van der Waals surface area contributed by atoms with Gasteiger partial charge < -0.3 is 14.8 Å². The molecule has 0 heterocycles. The second kappa shape index (κ2) is 8.57. The lowest BCUT2D eigenvalue weighted by Gasteiger charge is -2.14. The normalized spacial score (nSPS) is 11.5. The average Bonchev–Trinajstić information content (AvgIpc) is 2.56. The molecule has 5 nitrogen and oxygen atoms in total. The number of nitrogens with one attached hydrogen (secondary N) is 1. The van der Waals surface area contributed by atoms with Crippen molar-refractivity contribution in [3.05, 3.63) is 58.6 Å². The average molecular weight is 414 g/mol. The highest BCUT2D eigenvalue weighted by Gasteiger charge is 2.19. The van der Waals surface area contributed by atoms with E-state index in [-0.39, 0.29) is 5.69 Å². The van der Waals surface area contributed by atoms with Gasteiger partial charge in [-0.25, -0.2) is 13.6 Å². The summed E-state index contributed by atoms with van der Waals surface area (Å²) in [6, 6.07) is 9.48. The molecule has 8 heteroatoms. The summed E-state index contributed by atoms with van der Waals surface area (Å²) < 4.78 is 37.5. The predicted octanol–water partition coefficient (Wildman–Crippen LogP) is 3.68. The summed E-state index contributed by atoms with van der Waals surface area (Å²) in [7, 11) is 0. The summed E-state index contributed by atoms with van der Waals surface area (Å²) in [5, 5.41) is 2.16. The number of hydrogen-bond donors (Lipinski definition) is 1. The van der Waals surface area contributed by atoms with Crippen molar-refractivity contribution in [2.45, 2.75) is 13.0 Å². The molecule has 0 aliphatic carbocycles. The van der Waals surface area contributed by atoms with Crippen LogP contribution >= 0.6 is 15.9 Å². The molecule has 1 unspecified atom stereocenters. The minimum absolute atomic E-state index is 0.335. The first kappa shape index (κ1) is 18.9. The lowest BCUT2D eigenvalue weighted by atomic mass is 10.2. The highest BCUT2D eigenvalue weighted by atomic mass is 79.9. The number of anilines is 1. The van der Waals surface area contributed by atoms with Crippen molar-refractivity contribution in [1.82, 2.24) is 0 Å². The number of benzene rings is 2. The Morgan fingerprint density at radius 3 is 2.68 bits per heavy atom. The van der Waals surface area contributed by atoms with Crippen LogP contribution in [0.2, 0.25) is 0 Å². The van der Waals surface area contributed by atoms with Crippen LogP contribution in [0.1, 0.15) is 6.92 Å². The molecule has 0 aliphatic rings. The fourth-order valence-electron chi connectivity index (χ4n) is 1.81. The van der Waals surface area contributed by atoms with Crippen molar-refractivity contribution >= 4 is 33.5 Å². The van der Waals surface area contributed by atoms with Gasteiger partial charge in [0, 0.05) is 10.5 Å². The van der Waals surface area contributed by atoms with Crippen molar-refractivity contribution in [3.63, 3.8) is 0 Å². The van der Waals surface area contributed by atoms with Gasteiger partial charge in [-0.3, -0.25) is 4.79 Å². The van der Waals surface area contributed by atoms with Crippen LogP contribution in [0.5, 0.6) is 5.75 Å². The molecule has 2 rings (SSSR count). The molecule has 0 aromatic heterocycles. The summed E-state index contributed by atoms with van der Waals surface area (Å²) in [4.78, 5) is 23.6. The van der Waals surface area contributed by atoms with E-state index in [0.717, 1.165) is 22.7 Å². The maximum Gasteiger partial charge on any atom is 0.344 e. The zero-order valence-corrected chi connectivity index (χ0v) is 14.7. The number of esters is 1. The smallest absolute Gasteiger partial charge is 0.344 e. The molecule has 132 valence electrons. The molecular weight excluding hydrogens is 400 g/mol. The third-order valence-corrected chi connectivity index (χ3v) is 3.51. The van der Waals surface area contributed by atoms with Gasteiger partial charge in [-0.05, 0) is 37.3 Å². The first-order valence-electron chi connectivity index (χ1n) is 7.19. The fourth-order valence-corrected chi connectivity index (χ4v) is 2.19. The molecule has 2 aromatic rings. The number of ether oxygens (including phenoxy) is 2. The van der Waals surface area contributed by atoms with E-state index in [9.17, 15) is 18.4 Å². The third-order valence-electron chi connectivity index (χ3n) is 3.02. The summed E-state index contributed by atoms with van der Waals surface area (Å²) in [5.41, 5.74) is -0.335. The summed E-state index contributed by atoms with van der Waals surface area (Å²) in [6.45, 7) is 0.909. The van der Waals surface area contributed by atoms with Crippen LogP contribution in [-0.4, -0.2) is 24.6 Å². The number of carbonyl (C=O) groups excluding carboxylic acids is 2. The molecular formula is C17H14BrF2NO4. The lowest BCUT2D eigenvalue weighted by molar-refractivity contribution is -0.155. The quantitative estimate of drug-likeness (QED) is 0.733. The predicted molar refractivity (Wildman–Crippen MR) is 90.2 cm³/mol. The van der Waals surface area contributed by atoms with Gasteiger partial charge in [-0.15, -0.1) is 0 Å². The SMILES string of the molecule is CC(OC(=O)COc1cccc(Br)c1)C(=O)Nc1cc(F)ccc1F. The first-order valence-corrected chi connectivity index (χ1v) is 7.98. The van der Waals surface area contributed by atoms with Gasteiger partial charge in [0.1, 0.15) is 17.4 Å². The molecule has 25 heavy (non-hydrogen) atoms. The van der Waals surface area contributed by atoms with Gasteiger partial charge in [0.05, 0.1) is 5.69 Å². The van der Waals surface area contributed by atoms with Gasteiger partial charge >= 0.3 is 5.97 Å². The van der Waals surface area contributed by atoms with Gasteiger partial charge in [0.25, 0.3) is 5.91 Å². The maximum absolute atomic E-state index is 13.5. The Morgan fingerprint density at radius 1 is 1.20 bits per heavy atom. The highest BCUT2D eigenvalue weighted by molar-refractivity contribution is 9.10. The van der Waals surface area contributed by atoms with E-state index in [1.807, 2.05) is 0 Å². The summed E-state index contributed by atoms with van der Waals surface area (Å²) in [5.74, 6) is -2.62. The van der Waals surface area contributed by atoms with Crippen molar-refractivity contribution < 1.29 is 27.8 Å². The Labute approximate surface area is 151 Å². The number of rotatable bonds is 6. The molecule has 1 N–H and O–H groups in total. The van der Waals surface area contributed by atoms with Gasteiger partial charge in [-0.1, -0.05) is 22.0 Å². The third kappa shape index (κ3) is 5.82. The maximum atomic E-state index is 13.5. The van der Waals surface area contributed by atoms with Crippen LogP contribution in [0.15, 0.2) is 46.9 Å². The Balaban J connectivity index is 1.85. The Hall–Kier alpha value is -2.48. The number of amides is 1. The molecule has 0 fully saturated rings. The topological polar surface area (TPSA) is 64.6 Å². The van der Waals surface area contributed by atoms with E-state index < -0.39 is 36.2 Å². The van der Waals surface area contributed by atoms with E-state index in [1.165, 1.54) is 6.92 Å². The number of hydrogen-bond acceptors (Lipinski definition) is 4. The van der Waals surface area contributed by atoms with E-state index in [2.05, 4.69) is 21.2 Å². The highest BCUT2D eigenvalue weighted by Crippen LogP contribution is 2.18. The van der Waals surface area contributed by atoms with E-state index in [4.69, 9.17) is 9.47 Å². The minimum Gasteiger partial charge on any atom is -0.482 e. The fraction of sp³-hybridized carbons (Fsp3) is 0.176. The van der Waals surface area contributed by atoms with E-state index in [1.54, 1.807) is 24.3 Å². The van der Waals surface area contributed by atoms with Crippen molar-refractivity contribution in [2.75, 3.05) is 11.9 Å². The van der Waals surface area contributed by atoms with Crippen LogP contribution in [-0.2, 0) is 14.3 Å². The number of carbonyl (C=O) groups is 2. The lowest BCUT2D eigenvalue weighted by Crippen LogP contribution is -2.32. The second-order valence-corrected chi connectivity index (χ2v) is 5.91. The van der Waals surface area contributed by atoms with Gasteiger partial charge in [0.2, 0.25) is 0 Å². The largest absolute Gasteiger partial charge is 0.482 e. The summed E-state index contributed by atoms with van der Waals surface area (Å²) in [6.07, 6.45) is -1.21. The van der Waals surface area contributed by atoms with Crippen molar-refractivity contribution in [1.29, 1.82) is 0 Å². The monoisotopic (exact) mass is 413 g/mol. The first-order chi connectivity index (χ1) is 11.8. The molecule has 2 aromatic carbocycles. The van der Waals surface area contributed by atoms with Gasteiger partial charge in [0.15, 0.2) is 12.7 Å². The van der Waals surface area contributed by atoms with Crippen molar-refractivity contribution in [3.8, 4) is 5.75 Å². The molecule has 0 saturated carbocycles. The van der Waals surface area contributed by atoms with Crippen LogP contribution in [0.25, 0.3) is 0 Å². The Kier molecular flexibility index (Phi) is 6.46. The molecule has 0 aliphatic heterocycles. The molecule has 0 saturated heterocycles. The zero-order valence-electron chi connectivity index (χ0n) is 13.1. The standard InChI is InChI=1S/C17H14BrF2NO4/c1-10(17(23)21-15-8-12(19)5-6-14(15)20)25-16(22)9-24-13-4-2-3-11(18)7-13/h2-8,10H,9H2,1H3,(H,21,23). The van der Waals surface area contributed by atoms with Crippen LogP contribution in [0.4, 0.5) is 14.5 Å². The summed E-state index contributed by atoms with van der Waals surface area (Å²) >= 11 is 3.26. The second-order valence-electron chi connectivity index (χ2n) is 4.99. The van der Waals surface area contributed by atoms with E-state index >= 15 is 0 Å². The molecule has 0 spiro atoms. The van der Waals surface area contributed by atoms with Gasteiger partial charge in [-0.2, -0.15) is 0 Å². The Morgan fingerprint density at radius 2 is 1.96 bits per heavy atom. The Bertz CT molecular complexity index is 785. The van der Waals surface area contributed by atoms with Crippen molar-refractivity contribution in [2.24, 2.45) is 0 Å².